The third-order valence-electron chi connectivity index (χ3n) is 11.3. The molecule has 9 rings (SSSR count). The first-order valence-corrected chi connectivity index (χ1v) is 24.8. The number of hydrogen-bond donors (Lipinski definition) is 4. The number of non-ortho nitro benzene ring substituents is 1. The number of anilines is 6. The number of fused-ring (bicyclic) bond motifs is 2. The number of benzene rings is 5. The van der Waals surface area contributed by atoms with Gasteiger partial charge in [0, 0.05) is 40.1 Å². The van der Waals surface area contributed by atoms with E-state index in [-0.39, 0.29) is 67.5 Å². The van der Waals surface area contributed by atoms with Crippen molar-refractivity contribution in [2.75, 3.05) is 43.4 Å². The molecule has 2 saturated heterocycles. The Bertz CT molecular complexity index is 3590. The maximum absolute atomic E-state index is 13.5. The molecule has 0 aliphatic carbocycles. The standard InChI is InChI=1S/C26H17ClN6O5S2.C22H19ClN6O3S2/c1-26(2)22(34)31(15-6-10-19(28-3)18(27)12-15)25(39)32(26)16-7-11-21-20(13-16)29-23(40-21)30-24(35)38-17-8-4-14(5-9-17)33(36)37;1-22(2)18(31)28(12-4-6-15(24-3)14(23)10-12)21(33)29(22)13-5-7-17-16(11-13)26-20(34-17)27-19(32)25-8-9-30/h4-13H,1-2H3,(H,29,30,35);4-7,10-11,30H,8-9H2,1-2H3,(H2,25,26,27,32). The Balaban J connectivity index is 0.000000200. The number of rotatable bonds is 10. The fourth-order valence-corrected chi connectivity index (χ4v) is 10.9. The molecule has 2 fully saturated rings. The molecule has 26 heteroatoms. The van der Waals surface area contributed by atoms with Gasteiger partial charge in [-0.3, -0.25) is 40.1 Å². The molecule has 5 amide bonds. The molecule has 4 heterocycles. The van der Waals surface area contributed by atoms with Crippen LogP contribution in [0.5, 0.6) is 5.75 Å². The van der Waals surface area contributed by atoms with E-state index in [4.69, 9.17) is 70.6 Å². The number of nitro groups is 1. The molecule has 374 valence electrons. The number of aliphatic hydroxyl groups excluding tert-OH is 1. The first kappa shape index (κ1) is 52.4. The van der Waals surface area contributed by atoms with Gasteiger partial charge >= 0.3 is 12.1 Å². The lowest BCUT2D eigenvalue weighted by molar-refractivity contribution is -0.384. The third kappa shape index (κ3) is 10.2. The first-order chi connectivity index (χ1) is 35.2. The van der Waals surface area contributed by atoms with Crippen LogP contribution in [0.2, 0.25) is 10.0 Å². The summed E-state index contributed by atoms with van der Waals surface area (Å²) in [6.45, 7) is 21.4. The van der Waals surface area contributed by atoms with E-state index in [1.165, 1.54) is 62.8 Å². The summed E-state index contributed by atoms with van der Waals surface area (Å²) in [5, 5.41) is 29.0. The van der Waals surface area contributed by atoms with Gasteiger partial charge in [0.15, 0.2) is 20.5 Å². The van der Waals surface area contributed by atoms with Crippen LogP contribution in [0.15, 0.2) is 97.1 Å². The van der Waals surface area contributed by atoms with E-state index in [0.717, 1.165) is 9.40 Å². The molecule has 5 aromatic carbocycles. The Labute approximate surface area is 449 Å². The van der Waals surface area contributed by atoms with E-state index in [9.17, 15) is 29.3 Å². The number of aliphatic hydroxyl groups is 1. The average molecular weight is 1110 g/mol. The van der Waals surface area contributed by atoms with Gasteiger partial charge in [0.2, 0.25) is 11.4 Å². The lowest BCUT2D eigenvalue weighted by Crippen LogP contribution is -2.44. The molecule has 2 aliphatic rings. The van der Waals surface area contributed by atoms with E-state index in [0.29, 0.717) is 44.6 Å². The van der Waals surface area contributed by atoms with Crippen molar-refractivity contribution >= 4 is 175 Å². The largest absolute Gasteiger partial charge is 0.418 e. The highest BCUT2D eigenvalue weighted by Gasteiger charge is 2.51. The Morgan fingerprint density at radius 3 is 1.59 bits per heavy atom. The molecule has 4 N–H and O–H groups in total. The number of carbonyl (C=O) groups excluding carboxylic acids is 4. The molecular weight excluding hydrogens is 1070 g/mol. The molecule has 0 atom stereocenters. The van der Waals surface area contributed by atoms with Crippen LogP contribution in [-0.2, 0) is 9.59 Å². The van der Waals surface area contributed by atoms with Gasteiger partial charge in [0.05, 0.1) is 56.5 Å². The number of hydrogen-bond acceptors (Lipinski definition) is 14. The van der Waals surface area contributed by atoms with Gasteiger partial charge in [-0.15, -0.1) is 0 Å². The Kier molecular flexibility index (Phi) is 14.8. The van der Waals surface area contributed by atoms with Gasteiger partial charge in [0.25, 0.3) is 17.5 Å². The highest BCUT2D eigenvalue weighted by molar-refractivity contribution is 7.81. The summed E-state index contributed by atoms with van der Waals surface area (Å²) >= 11 is 26.4. The average Bonchev–Trinajstić information content (AvgIpc) is 4.04. The van der Waals surface area contributed by atoms with E-state index < -0.39 is 28.1 Å². The van der Waals surface area contributed by atoms with Crippen LogP contribution in [0.4, 0.5) is 59.7 Å². The Morgan fingerprint density at radius 1 is 0.730 bits per heavy atom. The number of halogens is 2. The molecule has 74 heavy (non-hydrogen) atoms. The van der Waals surface area contributed by atoms with Crippen LogP contribution in [0.1, 0.15) is 27.7 Å². The van der Waals surface area contributed by atoms with Crippen LogP contribution in [-0.4, -0.2) is 78.4 Å². The normalized spacial score (nSPS) is 14.7. The Morgan fingerprint density at radius 2 is 1.18 bits per heavy atom. The van der Waals surface area contributed by atoms with Crippen molar-refractivity contribution in [3.63, 3.8) is 0 Å². The first-order valence-electron chi connectivity index (χ1n) is 21.6. The minimum atomic E-state index is -1.04. The van der Waals surface area contributed by atoms with Gasteiger partial charge < -0.3 is 25.0 Å². The van der Waals surface area contributed by atoms with Crippen LogP contribution >= 0.6 is 70.3 Å². The number of ether oxygens (including phenoxy) is 1. The highest BCUT2D eigenvalue weighted by atomic mass is 35.5. The van der Waals surface area contributed by atoms with Crippen molar-refractivity contribution in [1.82, 2.24) is 15.3 Å². The number of urea groups is 1. The molecule has 0 radical (unpaired) electrons. The molecule has 0 saturated carbocycles. The van der Waals surface area contributed by atoms with Gasteiger partial charge in [-0.2, -0.15) is 0 Å². The zero-order valence-corrected chi connectivity index (χ0v) is 43.6. The quantitative estimate of drug-likeness (QED) is 0.0433. The van der Waals surface area contributed by atoms with Gasteiger partial charge in [-0.1, -0.05) is 58.0 Å². The number of thiazole rings is 2. The second-order valence-corrected chi connectivity index (χ2v) is 20.4. The van der Waals surface area contributed by atoms with Gasteiger partial charge in [0.1, 0.15) is 16.8 Å². The van der Waals surface area contributed by atoms with Crippen LogP contribution in [0.25, 0.3) is 30.1 Å². The SMILES string of the molecule is [C-]#[N+]c1ccc(N2C(=O)C(C)(C)N(c3ccc4sc(NC(=O)NCCO)nc4c3)C2=S)cc1Cl.[C-]#[N+]c1ccc(N2C(=O)C(C)(C)N(c3ccc4sc(NC(=O)Oc5ccc([N+](=O)[O-])cc5)nc4c3)C2=S)cc1Cl. The molecular formula is C48H36Cl2N12O8S4. The summed E-state index contributed by atoms with van der Waals surface area (Å²) in [5.41, 5.74) is 1.83. The second-order valence-electron chi connectivity index (χ2n) is 16.8. The number of aromatic nitrogens is 2. The minimum Gasteiger partial charge on any atom is -0.410 e. The molecule has 2 aromatic heterocycles. The summed E-state index contributed by atoms with van der Waals surface area (Å²) in [6, 6.07) is 25.0. The van der Waals surface area contributed by atoms with Crippen molar-refractivity contribution in [2.45, 2.75) is 38.8 Å². The number of nitrogens with one attached hydrogen (secondary N) is 3. The van der Waals surface area contributed by atoms with Crippen molar-refractivity contribution in [2.24, 2.45) is 0 Å². The molecule has 0 unspecified atom stereocenters. The number of carbonyl (C=O) groups is 4. The minimum absolute atomic E-state index is 0.123. The van der Waals surface area contributed by atoms with Crippen molar-refractivity contribution in [3.8, 4) is 5.75 Å². The number of nitro benzene ring substituents is 1. The second kappa shape index (κ2) is 20.9. The molecule has 20 nitrogen and oxygen atoms in total. The predicted molar refractivity (Wildman–Crippen MR) is 295 cm³/mol. The van der Waals surface area contributed by atoms with E-state index in [1.54, 1.807) is 80.0 Å². The van der Waals surface area contributed by atoms with Crippen LogP contribution < -0.4 is 40.3 Å². The van der Waals surface area contributed by atoms with Crippen molar-refractivity contribution < 1.29 is 33.9 Å². The van der Waals surface area contributed by atoms with E-state index in [1.807, 2.05) is 24.3 Å². The van der Waals surface area contributed by atoms with Crippen molar-refractivity contribution in [3.05, 3.63) is 140 Å². The molecule has 2 aliphatic heterocycles. The van der Waals surface area contributed by atoms with Crippen LogP contribution in [0.3, 0.4) is 0 Å². The molecule has 0 bridgehead atoms. The highest BCUT2D eigenvalue weighted by Crippen LogP contribution is 2.42. The van der Waals surface area contributed by atoms with E-state index >= 15 is 0 Å². The molecule has 0 spiro atoms. The predicted octanol–water partition coefficient (Wildman–Crippen LogP) is 11.5. The smallest absolute Gasteiger partial charge is 0.410 e. The van der Waals surface area contributed by atoms with Crippen LogP contribution in [0, 0.1) is 23.3 Å². The number of thiocarbonyl (C=S) groups is 2. The number of amides is 5. The lowest BCUT2D eigenvalue weighted by Gasteiger charge is -2.29. The van der Waals surface area contributed by atoms with Crippen molar-refractivity contribution in [1.29, 1.82) is 0 Å². The van der Waals surface area contributed by atoms with Gasteiger partial charge in [-0.25, -0.2) is 29.2 Å². The summed E-state index contributed by atoms with van der Waals surface area (Å²) in [5.74, 6) is -0.361. The topological polar surface area (TPSA) is 224 Å². The maximum Gasteiger partial charge on any atom is 0.418 e. The zero-order chi connectivity index (χ0) is 53.4. The summed E-state index contributed by atoms with van der Waals surface area (Å²) in [6.07, 6.45) is -0.806. The zero-order valence-electron chi connectivity index (χ0n) is 38.9. The maximum atomic E-state index is 13.5. The number of nitrogens with zero attached hydrogens (tertiary/aromatic N) is 9. The summed E-state index contributed by atoms with van der Waals surface area (Å²) in [7, 11) is 0. The fraction of sp³-hybridized carbons (Fsp3) is 0.167. The molecule has 7 aromatic rings. The van der Waals surface area contributed by atoms with E-state index in [2.05, 4.69) is 35.6 Å². The lowest BCUT2D eigenvalue weighted by atomic mass is 10.0. The third-order valence-corrected chi connectivity index (χ3v) is 14.5. The fourth-order valence-electron chi connectivity index (χ4n) is 7.75. The summed E-state index contributed by atoms with van der Waals surface area (Å²) in [4.78, 5) is 83.2. The van der Waals surface area contributed by atoms with Gasteiger partial charge in [-0.05, 0) is 125 Å². The monoisotopic (exact) mass is 1110 g/mol. The summed E-state index contributed by atoms with van der Waals surface area (Å²) < 4.78 is 6.79. The Hall–Kier alpha value is -7.94.